The second-order valence-electron chi connectivity index (χ2n) is 4.13. The van der Waals surface area contributed by atoms with Crippen LogP contribution in [0.3, 0.4) is 0 Å². The molecule has 5 nitrogen and oxygen atoms in total. The van der Waals surface area contributed by atoms with Gasteiger partial charge in [0.15, 0.2) is 5.96 Å². The Hall–Kier alpha value is -1.57. The SMILES string of the molecule is C=CCNC(=NC)NCCc1c[nH]c2ncccc12.I. The molecule has 0 aliphatic carbocycles. The number of fused-ring (bicyclic) bond motifs is 1. The monoisotopic (exact) mass is 385 g/mol. The molecule has 0 saturated carbocycles. The number of hydrogen-bond acceptors (Lipinski definition) is 2. The van der Waals surface area contributed by atoms with Crippen molar-refractivity contribution >= 4 is 41.0 Å². The molecule has 108 valence electrons. The molecule has 6 heteroatoms. The lowest BCUT2D eigenvalue weighted by atomic mass is 10.1. The average molecular weight is 385 g/mol. The van der Waals surface area contributed by atoms with Gasteiger partial charge in [-0.05, 0) is 24.1 Å². The first kappa shape index (κ1) is 16.5. The zero-order valence-corrected chi connectivity index (χ0v) is 13.8. The molecule has 20 heavy (non-hydrogen) atoms. The summed E-state index contributed by atoms with van der Waals surface area (Å²) >= 11 is 0. The van der Waals surface area contributed by atoms with E-state index in [0.29, 0.717) is 6.54 Å². The van der Waals surface area contributed by atoms with Crippen LogP contribution in [0.4, 0.5) is 0 Å². The summed E-state index contributed by atoms with van der Waals surface area (Å²) in [7, 11) is 1.76. The summed E-state index contributed by atoms with van der Waals surface area (Å²) in [5.74, 6) is 0.790. The Labute approximate surface area is 136 Å². The first-order valence-corrected chi connectivity index (χ1v) is 6.31. The van der Waals surface area contributed by atoms with Crippen LogP contribution in [0.1, 0.15) is 5.56 Å². The summed E-state index contributed by atoms with van der Waals surface area (Å²) in [6.07, 6.45) is 6.53. The second-order valence-corrected chi connectivity index (χ2v) is 4.13. The third-order valence-corrected chi connectivity index (χ3v) is 2.86. The summed E-state index contributed by atoms with van der Waals surface area (Å²) < 4.78 is 0. The Morgan fingerprint density at radius 3 is 3.10 bits per heavy atom. The molecule has 0 spiro atoms. The Balaban J connectivity index is 0.00000200. The Kier molecular flexibility index (Phi) is 7.06. The molecule has 0 radical (unpaired) electrons. The number of aliphatic imine (C=N–C) groups is 1. The predicted molar refractivity (Wildman–Crippen MR) is 94.8 cm³/mol. The fourth-order valence-electron chi connectivity index (χ4n) is 1.92. The lowest BCUT2D eigenvalue weighted by molar-refractivity contribution is 0.824. The van der Waals surface area contributed by atoms with Gasteiger partial charge in [0, 0.05) is 37.9 Å². The molecule has 0 bridgehead atoms. The van der Waals surface area contributed by atoms with Crippen LogP contribution in [-0.4, -0.2) is 36.1 Å². The number of aromatic nitrogens is 2. The van der Waals surface area contributed by atoms with Crippen molar-refractivity contribution in [2.24, 2.45) is 4.99 Å². The molecular weight excluding hydrogens is 365 g/mol. The lowest BCUT2D eigenvalue weighted by Crippen LogP contribution is -2.38. The number of guanidine groups is 1. The van der Waals surface area contributed by atoms with E-state index >= 15 is 0 Å². The summed E-state index contributed by atoms with van der Waals surface area (Å²) in [5.41, 5.74) is 2.20. The van der Waals surface area contributed by atoms with Crippen molar-refractivity contribution in [3.05, 3.63) is 42.7 Å². The highest BCUT2D eigenvalue weighted by Crippen LogP contribution is 2.15. The highest BCUT2D eigenvalue weighted by molar-refractivity contribution is 14.0. The standard InChI is InChI=1S/C14H19N5.HI/c1-3-7-17-14(15-2)18-9-6-11-10-19-13-12(11)5-4-8-16-13;/h3-5,8,10H,1,6-7,9H2,2H3,(H,16,19)(H2,15,17,18);1H. The number of pyridine rings is 1. The lowest BCUT2D eigenvalue weighted by Gasteiger charge is -2.09. The van der Waals surface area contributed by atoms with E-state index in [9.17, 15) is 0 Å². The molecule has 2 heterocycles. The van der Waals surface area contributed by atoms with Crippen LogP contribution in [0.25, 0.3) is 11.0 Å². The maximum atomic E-state index is 4.28. The van der Waals surface area contributed by atoms with Crippen LogP contribution in [0, 0.1) is 0 Å². The summed E-state index contributed by atoms with van der Waals surface area (Å²) in [6.45, 7) is 5.19. The van der Waals surface area contributed by atoms with Crippen LogP contribution in [0.5, 0.6) is 0 Å². The van der Waals surface area contributed by atoms with Crippen LogP contribution in [-0.2, 0) is 6.42 Å². The molecule has 2 aromatic rings. The molecule has 0 aliphatic heterocycles. The maximum absolute atomic E-state index is 4.28. The van der Waals surface area contributed by atoms with E-state index in [1.165, 1.54) is 10.9 Å². The van der Waals surface area contributed by atoms with Crippen LogP contribution >= 0.6 is 24.0 Å². The van der Waals surface area contributed by atoms with E-state index < -0.39 is 0 Å². The zero-order chi connectivity index (χ0) is 13.5. The topological polar surface area (TPSA) is 65.1 Å². The minimum atomic E-state index is 0. The van der Waals surface area contributed by atoms with E-state index in [4.69, 9.17) is 0 Å². The van der Waals surface area contributed by atoms with E-state index in [-0.39, 0.29) is 24.0 Å². The van der Waals surface area contributed by atoms with Gasteiger partial charge in [0.05, 0.1) is 0 Å². The minimum Gasteiger partial charge on any atom is -0.356 e. The number of nitrogens with one attached hydrogen (secondary N) is 3. The molecule has 0 amide bonds. The van der Waals surface area contributed by atoms with Gasteiger partial charge >= 0.3 is 0 Å². The fourth-order valence-corrected chi connectivity index (χ4v) is 1.92. The molecule has 2 aromatic heterocycles. The van der Waals surface area contributed by atoms with E-state index in [2.05, 4.69) is 38.2 Å². The van der Waals surface area contributed by atoms with Gasteiger partial charge in [0.25, 0.3) is 0 Å². The number of hydrogen-bond donors (Lipinski definition) is 3. The van der Waals surface area contributed by atoms with E-state index in [0.717, 1.165) is 24.6 Å². The quantitative estimate of drug-likeness (QED) is 0.320. The third-order valence-electron chi connectivity index (χ3n) is 2.86. The molecule has 2 rings (SSSR count). The van der Waals surface area contributed by atoms with E-state index in [1.807, 2.05) is 12.3 Å². The van der Waals surface area contributed by atoms with Gasteiger partial charge in [-0.1, -0.05) is 6.08 Å². The van der Waals surface area contributed by atoms with Gasteiger partial charge in [-0.2, -0.15) is 0 Å². The maximum Gasteiger partial charge on any atom is 0.191 e. The van der Waals surface area contributed by atoms with Gasteiger partial charge < -0.3 is 15.6 Å². The van der Waals surface area contributed by atoms with Gasteiger partial charge in [-0.15, -0.1) is 30.6 Å². The number of halogens is 1. The molecule has 0 saturated heterocycles. The summed E-state index contributed by atoms with van der Waals surface area (Å²) in [5, 5.41) is 7.58. The Bertz CT molecular complexity index is 576. The molecule has 3 N–H and O–H groups in total. The van der Waals surface area contributed by atoms with Crippen molar-refractivity contribution in [2.75, 3.05) is 20.1 Å². The normalized spacial score (nSPS) is 10.9. The summed E-state index contributed by atoms with van der Waals surface area (Å²) in [4.78, 5) is 11.6. The minimum absolute atomic E-state index is 0. The average Bonchev–Trinajstić information content (AvgIpc) is 2.86. The van der Waals surface area contributed by atoms with Crippen molar-refractivity contribution < 1.29 is 0 Å². The Morgan fingerprint density at radius 1 is 1.50 bits per heavy atom. The van der Waals surface area contributed by atoms with Gasteiger partial charge in [-0.3, -0.25) is 4.99 Å². The predicted octanol–water partition coefficient (Wildman–Crippen LogP) is 2.07. The largest absolute Gasteiger partial charge is 0.356 e. The van der Waals surface area contributed by atoms with Crippen LogP contribution in [0.2, 0.25) is 0 Å². The molecular formula is C14H20IN5. The smallest absolute Gasteiger partial charge is 0.191 e. The highest BCUT2D eigenvalue weighted by atomic mass is 127. The van der Waals surface area contributed by atoms with Gasteiger partial charge in [0.1, 0.15) is 5.65 Å². The van der Waals surface area contributed by atoms with Crippen LogP contribution < -0.4 is 10.6 Å². The third kappa shape index (κ3) is 4.22. The fraction of sp³-hybridized carbons (Fsp3) is 0.286. The number of H-pyrrole nitrogens is 1. The summed E-state index contributed by atoms with van der Waals surface area (Å²) in [6, 6.07) is 4.04. The van der Waals surface area contributed by atoms with E-state index in [1.54, 1.807) is 19.3 Å². The Morgan fingerprint density at radius 2 is 2.35 bits per heavy atom. The first-order valence-electron chi connectivity index (χ1n) is 6.31. The van der Waals surface area contributed by atoms with Crippen LogP contribution in [0.15, 0.2) is 42.2 Å². The first-order chi connectivity index (χ1) is 9.35. The highest BCUT2D eigenvalue weighted by Gasteiger charge is 2.03. The van der Waals surface area contributed by atoms with Crippen molar-refractivity contribution in [3.8, 4) is 0 Å². The molecule has 0 aliphatic rings. The van der Waals surface area contributed by atoms with Gasteiger partial charge in [0.2, 0.25) is 0 Å². The molecule has 0 fully saturated rings. The van der Waals surface area contributed by atoms with Gasteiger partial charge in [-0.25, -0.2) is 4.98 Å². The van der Waals surface area contributed by atoms with Crippen molar-refractivity contribution in [1.29, 1.82) is 0 Å². The number of aromatic amines is 1. The molecule has 0 atom stereocenters. The number of nitrogens with zero attached hydrogens (tertiary/aromatic N) is 2. The van der Waals surface area contributed by atoms with Crippen molar-refractivity contribution in [3.63, 3.8) is 0 Å². The molecule has 0 unspecified atom stereocenters. The number of rotatable bonds is 5. The zero-order valence-electron chi connectivity index (χ0n) is 11.5. The molecule has 0 aromatic carbocycles. The second kappa shape index (κ2) is 8.57. The van der Waals surface area contributed by atoms with Crippen molar-refractivity contribution in [2.45, 2.75) is 6.42 Å². The van der Waals surface area contributed by atoms with Crippen molar-refractivity contribution in [1.82, 2.24) is 20.6 Å².